The number of benzene rings is 2. The van der Waals surface area contributed by atoms with Crippen molar-refractivity contribution in [1.82, 2.24) is 5.32 Å². The first-order chi connectivity index (χ1) is 16.0. The lowest BCUT2D eigenvalue weighted by molar-refractivity contribution is -0.143. The molecule has 0 aromatic heterocycles. The Labute approximate surface area is 198 Å². The fourth-order valence-electron chi connectivity index (χ4n) is 3.31. The smallest absolute Gasteiger partial charge is 0.308 e. The number of hydrogen-bond donors (Lipinski definition) is 5. The summed E-state index contributed by atoms with van der Waals surface area (Å²) < 4.78 is 25.5. The molecular formula is C23H28N4O6S. The number of amides is 2. The summed E-state index contributed by atoms with van der Waals surface area (Å²) in [7, 11) is -3.86. The number of sulfone groups is 1. The summed E-state index contributed by atoms with van der Waals surface area (Å²) in [6.07, 6.45) is -0.334. The molecule has 0 aliphatic heterocycles. The van der Waals surface area contributed by atoms with Crippen LogP contribution in [0.5, 0.6) is 0 Å². The summed E-state index contributed by atoms with van der Waals surface area (Å²) in [4.78, 5) is 36.4. The maximum atomic E-state index is 12.8. The average Bonchev–Trinajstić information content (AvgIpc) is 2.78. The van der Waals surface area contributed by atoms with Gasteiger partial charge in [0.25, 0.3) is 0 Å². The molecule has 34 heavy (non-hydrogen) atoms. The van der Waals surface area contributed by atoms with Gasteiger partial charge >= 0.3 is 5.97 Å². The van der Waals surface area contributed by atoms with Crippen LogP contribution < -0.4 is 16.4 Å². The van der Waals surface area contributed by atoms with Gasteiger partial charge in [-0.3, -0.25) is 19.8 Å². The van der Waals surface area contributed by atoms with Crippen molar-refractivity contribution in [1.29, 1.82) is 5.41 Å². The highest BCUT2D eigenvalue weighted by Crippen LogP contribution is 2.18. The number of carboxylic acids is 1. The van der Waals surface area contributed by atoms with E-state index in [1.165, 1.54) is 12.1 Å². The number of rotatable bonds is 12. The maximum Gasteiger partial charge on any atom is 0.308 e. The van der Waals surface area contributed by atoms with E-state index in [4.69, 9.17) is 11.1 Å². The molecule has 182 valence electrons. The highest BCUT2D eigenvalue weighted by Gasteiger charge is 2.32. The predicted molar refractivity (Wildman–Crippen MR) is 127 cm³/mol. The molecular weight excluding hydrogens is 460 g/mol. The Balaban J connectivity index is 2.02. The number of anilines is 1. The standard InChI is InChI=1S/C23H28N4O6S/c1-2-18(23(30)31)19(14-34(32,33)17-6-4-3-5-7-17)27-21(29)13-12-20(28)26-16-10-8-15(9-11-16)22(24)25/h3-11,18-19H,2,12-14H2,1H3,(H3,24,25)(H,26,28)(H,27,29)(H,30,31). The second-order valence-corrected chi connectivity index (χ2v) is 9.69. The van der Waals surface area contributed by atoms with Crippen LogP contribution in [0.3, 0.4) is 0 Å². The van der Waals surface area contributed by atoms with Gasteiger partial charge in [0.15, 0.2) is 9.84 Å². The molecule has 11 heteroatoms. The monoisotopic (exact) mass is 488 g/mol. The summed E-state index contributed by atoms with van der Waals surface area (Å²) in [5.74, 6) is -4.11. The zero-order valence-corrected chi connectivity index (χ0v) is 19.5. The third kappa shape index (κ3) is 7.69. The van der Waals surface area contributed by atoms with Crippen molar-refractivity contribution in [3.63, 3.8) is 0 Å². The Morgan fingerprint density at radius 1 is 1.00 bits per heavy atom. The highest BCUT2D eigenvalue weighted by molar-refractivity contribution is 7.91. The van der Waals surface area contributed by atoms with Crippen LogP contribution in [0.1, 0.15) is 31.7 Å². The van der Waals surface area contributed by atoms with Crippen LogP contribution in [-0.2, 0) is 24.2 Å². The first kappa shape index (κ1) is 26.5. The third-order valence-corrected chi connectivity index (χ3v) is 6.94. The van der Waals surface area contributed by atoms with E-state index >= 15 is 0 Å². The van der Waals surface area contributed by atoms with Crippen LogP contribution in [0.25, 0.3) is 0 Å². The van der Waals surface area contributed by atoms with E-state index in [9.17, 15) is 27.9 Å². The van der Waals surface area contributed by atoms with Gasteiger partial charge in [-0.15, -0.1) is 0 Å². The molecule has 6 N–H and O–H groups in total. The summed E-state index contributed by atoms with van der Waals surface area (Å²) in [6.45, 7) is 1.60. The van der Waals surface area contributed by atoms with Crippen LogP contribution >= 0.6 is 0 Å². The summed E-state index contributed by atoms with van der Waals surface area (Å²) >= 11 is 0. The van der Waals surface area contributed by atoms with Crippen molar-refractivity contribution < 1.29 is 27.9 Å². The first-order valence-corrected chi connectivity index (χ1v) is 12.2. The summed E-state index contributed by atoms with van der Waals surface area (Å²) in [6, 6.07) is 12.7. The number of hydrogen-bond acceptors (Lipinski definition) is 6. The van der Waals surface area contributed by atoms with Crippen molar-refractivity contribution in [3.8, 4) is 0 Å². The van der Waals surface area contributed by atoms with E-state index in [1.807, 2.05) is 0 Å². The zero-order chi connectivity index (χ0) is 25.3. The van der Waals surface area contributed by atoms with Crippen LogP contribution in [0.2, 0.25) is 0 Å². The Hall–Kier alpha value is -3.73. The van der Waals surface area contributed by atoms with Crippen molar-refractivity contribution in [3.05, 3.63) is 60.2 Å². The van der Waals surface area contributed by atoms with Crippen molar-refractivity contribution in [2.24, 2.45) is 11.7 Å². The first-order valence-electron chi connectivity index (χ1n) is 10.6. The third-order valence-electron chi connectivity index (χ3n) is 5.15. The van der Waals surface area contributed by atoms with Crippen LogP contribution in [0, 0.1) is 11.3 Å². The molecule has 2 aromatic carbocycles. The molecule has 2 unspecified atom stereocenters. The van der Waals surface area contributed by atoms with Gasteiger partial charge < -0.3 is 21.5 Å². The Bertz CT molecular complexity index is 1130. The van der Waals surface area contributed by atoms with Gasteiger partial charge in [-0.2, -0.15) is 0 Å². The normalized spacial score (nSPS) is 12.9. The van der Waals surface area contributed by atoms with Gasteiger partial charge in [0.1, 0.15) is 5.84 Å². The minimum atomic E-state index is -3.86. The number of carbonyl (C=O) groups excluding carboxylic acids is 2. The van der Waals surface area contributed by atoms with Crippen molar-refractivity contribution in [2.75, 3.05) is 11.1 Å². The molecule has 0 bridgehead atoms. The van der Waals surface area contributed by atoms with Crippen LogP contribution in [0.15, 0.2) is 59.5 Å². The predicted octanol–water partition coefficient (Wildman–Crippen LogP) is 1.76. The van der Waals surface area contributed by atoms with E-state index < -0.39 is 45.3 Å². The van der Waals surface area contributed by atoms with E-state index in [0.29, 0.717) is 11.3 Å². The van der Waals surface area contributed by atoms with Crippen LogP contribution in [0.4, 0.5) is 5.69 Å². The fraction of sp³-hybridized carbons (Fsp3) is 0.304. The van der Waals surface area contributed by atoms with E-state index in [-0.39, 0.29) is 30.0 Å². The minimum Gasteiger partial charge on any atom is -0.481 e. The lowest BCUT2D eigenvalue weighted by Gasteiger charge is -2.24. The summed E-state index contributed by atoms with van der Waals surface area (Å²) in [5.41, 5.74) is 6.34. The van der Waals surface area contributed by atoms with E-state index in [2.05, 4.69) is 10.6 Å². The van der Waals surface area contributed by atoms with E-state index in [1.54, 1.807) is 49.4 Å². The number of aliphatic carboxylic acids is 1. The van der Waals surface area contributed by atoms with Crippen molar-refractivity contribution >= 4 is 39.1 Å². The largest absolute Gasteiger partial charge is 0.481 e. The number of amidine groups is 1. The SMILES string of the molecule is CCC(C(=O)O)C(CS(=O)(=O)c1ccccc1)NC(=O)CCC(=O)Nc1ccc(C(=N)N)cc1. The second-order valence-electron chi connectivity index (χ2n) is 7.66. The number of carbonyl (C=O) groups is 3. The fourth-order valence-corrected chi connectivity index (χ4v) is 4.87. The highest BCUT2D eigenvalue weighted by atomic mass is 32.2. The second kappa shape index (κ2) is 11.9. The number of nitrogens with two attached hydrogens (primary N) is 1. The average molecular weight is 489 g/mol. The topological polar surface area (TPSA) is 180 Å². The molecule has 0 heterocycles. The molecule has 2 amide bonds. The molecule has 2 aromatic rings. The Kier molecular flexibility index (Phi) is 9.31. The van der Waals surface area contributed by atoms with Gasteiger partial charge in [0.2, 0.25) is 11.8 Å². The number of nitrogen functional groups attached to an aromatic ring is 1. The van der Waals surface area contributed by atoms with Gasteiger partial charge in [0.05, 0.1) is 22.6 Å². The van der Waals surface area contributed by atoms with Gasteiger partial charge in [-0.25, -0.2) is 8.42 Å². The molecule has 0 radical (unpaired) electrons. The molecule has 0 aliphatic carbocycles. The molecule has 10 nitrogen and oxygen atoms in total. The number of carboxylic acid groups (broad SMARTS) is 1. The molecule has 0 saturated heterocycles. The molecule has 0 saturated carbocycles. The molecule has 0 aliphatic rings. The van der Waals surface area contributed by atoms with E-state index in [0.717, 1.165) is 0 Å². The quantitative estimate of drug-likeness (QED) is 0.223. The molecule has 0 fully saturated rings. The maximum absolute atomic E-state index is 12.8. The lowest BCUT2D eigenvalue weighted by atomic mass is 9.98. The van der Waals surface area contributed by atoms with Crippen molar-refractivity contribution in [2.45, 2.75) is 37.1 Å². The Morgan fingerprint density at radius 2 is 1.59 bits per heavy atom. The van der Waals surface area contributed by atoms with Gasteiger partial charge in [-0.05, 0) is 42.8 Å². The minimum absolute atomic E-state index is 0.0321. The van der Waals surface area contributed by atoms with Gasteiger partial charge in [0, 0.05) is 24.1 Å². The summed E-state index contributed by atoms with van der Waals surface area (Å²) in [5, 5.41) is 22.0. The molecule has 2 rings (SSSR count). The van der Waals surface area contributed by atoms with Gasteiger partial charge in [-0.1, -0.05) is 25.1 Å². The lowest BCUT2D eigenvalue weighted by Crippen LogP contribution is -2.47. The number of nitrogens with one attached hydrogen (secondary N) is 3. The van der Waals surface area contributed by atoms with Crippen LogP contribution in [-0.4, -0.2) is 48.9 Å². The molecule has 2 atom stereocenters. The Morgan fingerprint density at radius 3 is 2.12 bits per heavy atom. The molecule has 0 spiro atoms. The zero-order valence-electron chi connectivity index (χ0n) is 18.7.